The summed E-state index contributed by atoms with van der Waals surface area (Å²) >= 11 is 0.913. The van der Waals surface area contributed by atoms with E-state index in [0.29, 0.717) is 5.56 Å². The van der Waals surface area contributed by atoms with Crippen molar-refractivity contribution in [2.75, 3.05) is 5.32 Å². The second-order valence-electron chi connectivity index (χ2n) is 5.64. The van der Waals surface area contributed by atoms with Crippen LogP contribution in [0.2, 0.25) is 0 Å². The molecule has 0 bridgehead atoms. The van der Waals surface area contributed by atoms with Gasteiger partial charge in [-0.15, -0.1) is 0 Å². The molecule has 0 aliphatic carbocycles. The molecule has 6 nitrogen and oxygen atoms in total. The van der Waals surface area contributed by atoms with Crippen molar-refractivity contribution in [3.05, 3.63) is 65.2 Å². The number of carboxylic acid groups (broad SMARTS) is 1. The SMILES string of the molecule is Cc1ccccc1N[C@@H]1SC(=O)N(Cc2cccc(C(=O)[O-])c2)C1=O. The number of hydrogen-bond donors (Lipinski definition) is 1. The first-order chi connectivity index (χ1) is 12.0. The summed E-state index contributed by atoms with van der Waals surface area (Å²) in [6.45, 7) is 1.94. The molecule has 7 heteroatoms. The molecule has 2 aromatic carbocycles. The number of para-hydroxylation sites is 1. The van der Waals surface area contributed by atoms with Crippen LogP contribution in [0.5, 0.6) is 0 Å². The fourth-order valence-electron chi connectivity index (χ4n) is 2.54. The van der Waals surface area contributed by atoms with Crippen molar-refractivity contribution < 1.29 is 19.5 Å². The van der Waals surface area contributed by atoms with E-state index in [0.717, 1.165) is 27.9 Å². The number of nitrogens with zero attached hydrogens (tertiary/aromatic N) is 1. The van der Waals surface area contributed by atoms with Gasteiger partial charge in [-0.05, 0) is 47.5 Å². The molecular formula is C18H15N2O4S-. The molecule has 1 fully saturated rings. The summed E-state index contributed by atoms with van der Waals surface area (Å²) in [5.74, 6) is -1.65. The van der Waals surface area contributed by atoms with Crippen LogP contribution in [0.4, 0.5) is 10.5 Å². The minimum absolute atomic E-state index is 0.0128. The van der Waals surface area contributed by atoms with E-state index < -0.39 is 11.3 Å². The van der Waals surface area contributed by atoms with E-state index >= 15 is 0 Å². The van der Waals surface area contributed by atoms with Gasteiger partial charge in [-0.1, -0.05) is 36.4 Å². The molecule has 1 heterocycles. The van der Waals surface area contributed by atoms with Crippen LogP contribution in [0.15, 0.2) is 48.5 Å². The number of benzene rings is 2. The molecule has 0 unspecified atom stereocenters. The summed E-state index contributed by atoms with van der Waals surface area (Å²) in [4.78, 5) is 36.8. The number of carbonyl (C=O) groups is 3. The van der Waals surface area contributed by atoms with Crippen LogP contribution in [0.1, 0.15) is 21.5 Å². The lowest BCUT2D eigenvalue weighted by Gasteiger charge is -2.16. The van der Waals surface area contributed by atoms with E-state index in [2.05, 4.69) is 5.32 Å². The Balaban J connectivity index is 1.74. The van der Waals surface area contributed by atoms with Crippen molar-refractivity contribution in [1.82, 2.24) is 4.90 Å². The van der Waals surface area contributed by atoms with Gasteiger partial charge in [0.15, 0.2) is 5.37 Å². The summed E-state index contributed by atoms with van der Waals surface area (Å²) in [6.07, 6.45) is 0. The van der Waals surface area contributed by atoms with Gasteiger partial charge in [0.25, 0.3) is 11.1 Å². The van der Waals surface area contributed by atoms with Crippen LogP contribution >= 0.6 is 11.8 Å². The Morgan fingerprint density at radius 3 is 2.68 bits per heavy atom. The summed E-state index contributed by atoms with van der Waals surface area (Å²) in [5.41, 5.74) is 2.34. The number of hydrogen-bond acceptors (Lipinski definition) is 6. The first-order valence-corrected chi connectivity index (χ1v) is 8.48. The van der Waals surface area contributed by atoms with E-state index in [1.54, 1.807) is 12.1 Å². The standard InChI is InChI=1S/C18H16N2O4S/c1-11-5-2-3-8-14(11)19-15-16(21)20(18(24)25-15)10-12-6-4-7-13(9-12)17(22)23/h2-9,15,19H,10H2,1H3,(H,22,23)/p-1/t15-/m1/s1. The molecule has 3 rings (SSSR count). The number of aromatic carboxylic acids is 1. The second-order valence-corrected chi connectivity index (χ2v) is 6.69. The topological polar surface area (TPSA) is 89.5 Å². The number of thioether (sulfide) groups is 1. The van der Waals surface area contributed by atoms with Gasteiger partial charge in [0.2, 0.25) is 0 Å². The fraction of sp³-hybridized carbons (Fsp3) is 0.167. The zero-order valence-corrected chi connectivity index (χ0v) is 14.2. The van der Waals surface area contributed by atoms with Crippen LogP contribution in [0.25, 0.3) is 0 Å². The van der Waals surface area contributed by atoms with Crippen molar-refractivity contribution in [2.45, 2.75) is 18.8 Å². The minimum atomic E-state index is -1.30. The number of nitrogens with one attached hydrogen (secondary N) is 1. The first-order valence-electron chi connectivity index (χ1n) is 7.60. The van der Waals surface area contributed by atoms with E-state index in [1.807, 2.05) is 31.2 Å². The van der Waals surface area contributed by atoms with Crippen LogP contribution in [-0.2, 0) is 11.3 Å². The van der Waals surface area contributed by atoms with Crippen molar-refractivity contribution in [2.24, 2.45) is 0 Å². The highest BCUT2D eigenvalue weighted by molar-refractivity contribution is 8.15. The number of aryl methyl sites for hydroxylation is 1. The van der Waals surface area contributed by atoms with Gasteiger partial charge < -0.3 is 15.2 Å². The van der Waals surface area contributed by atoms with Gasteiger partial charge in [-0.25, -0.2) is 0 Å². The number of anilines is 1. The fourth-order valence-corrected chi connectivity index (χ4v) is 3.43. The third-order valence-corrected chi connectivity index (χ3v) is 4.84. The normalized spacial score (nSPS) is 17.0. The molecule has 25 heavy (non-hydrogen) atoms. The lowest BCUT2D eigenvalue weighted by atomic mass is 10.1. The molecule has 1 atom stereocenters. The molecule has 1 aliphatic rings. The molecular weight excluding hydrogens is 340 g/mol. The number of carbonyl (C=O) groups excluding carboxylic acids is 3. The molecule has 1 N–H and O–H groups in total. The quantitative estimate of drug-likeness (QED) is 0.882. The molecule has 0 radical (unpaired) electrons. The monoisotopic (exact) mass is 355 g/mol. The van der Waals surface area contributed by atoms with E-state index in [1.165, 1.54) is 12.1 Å². The molecule has 1 aliphatic heterocycles. The predicted octanol–water partition coefficient (Wildman–Crippen LogP) is 1.99. The zero-order valence-electron chi connectivity index (χ0n) is 13.4. The summed E-state index contributed by atoms with van der Waals surface area (Å²) in [7, 11) is 0. The molecule has 0 spiro atoms. The molecule has 2 amide bonds. The van der Waals surface area contributed by atoms with E-state index in [-0.39, 0.29) is 23.3 Å². The van der Waals surface area contributed by atoms with Gasteiger partial charge in [0, 0.05) is 5.69 Å². The predicted molar refractivity (Wildman–Crippen MR) is 92.9 cm³/mol. The maximum Gasteiger partial charge on any atom is 0.291 e. The Labute approximate surface area is 148 Å². The Kier molecular flexibility index (Phi) is 4.76. The second kappa shape index (κ2) is 6.98. The lowest BCUT2D eigenvalue weighted by molar-refractivity contribution is -0.255. The Morgan fingerprint density at radius 2 is 1.96 bits per heavy atom. The molecule has 128 valence electrons. The maximum atomic E-state index is 12.5. The zero-order chi connectivity index (χ0) is 18.0. The van der Waals surface area contributed by atoms with Crippen LogP contribution < -0.4 is 10.4 Å². The highest BCUT2D eigenvalue weighted by Crippen LogP contribution is 2.30. The number of rotatable bonds is 5. The largest absolute Gasteiger partial charge is 0.545 e. The summed E-state index contributed by atoms with van der Waals surface area (Å²) in [6, 6.07) is 13.5. The average molecular weight is 355 g/mol. The van der Waals surface area contributed by atoms with Crippen LogP contribution in [0, 0.1) is 6.92 Å². The van der Waals surface area contributed by atoms with Gasteiger partial charge >= 0.3 is 0 Å². The highest BCUT2D eigenvalue weighted by atomic mass is 32.2. The number of amides is 2. The summed E-state index contributed by atoms with van der Waals surface area (Å²) in [5, 5.41) is 13.0. The Hall–Kier alpha value is -2.80. The highest BCUT2D eigenvalue weighted by Gasteiger charge is 2.39. The van der Waals surface area contributed by atoms with Crippen molar-refractivity contribution in [3.8, 4) is 0 Å². The minimum Gasteiger partial charge on any atom is -0.545 e. The van der Waals surface area contributed by atoms with Crippen LogP contribution in [-0.4, -0.2) is 27.4 Å². The van der Waals surface area contributed by atoms with Gasteiger partial charge in [0.1, 0.15) is 0 Å². The Morgan fingerprint density at radius 1 is 1.20 bits per heavy atom. The van der Waals surface area contributed by atoms with E-state index in [9.17, 15) is 19.5 Å². The third-order valence-electron chi connectivity index (χ3n) is 3.86. The van der Waals surface area contributed by atoms with Gasteiger partial charge in [0.05, 0.1) is 12.5 Å². The smallest absolute Gasteiger partial charge is 0.291 e. The number of imide groups is 1. The lowest BCUT2D eigenvalue weighted by Crippen LogP contribution is -2.34. The first kappa shape index (κ1) is 17.0. The van der Waals surface area contributed by atoms with Gasteiger partial charge in [-0.3, -0.25) is 14.5 Å². The average Bonchev–Trinajstić information content (AvgIpc) is 2.85. The van der Waals surface area contributed by atoms with Gasteiger partial charge in [-0.2, -0.15) is 0 Å². The number of carboxylic acids is 1. The van der Waals surface area contributed by atoms with Crippen molar-refractivity contribution in [1.29, 1.82) is 0 Å². The van der Waals surface area contributed by atoms with E-state index in [4.69, 9.17) is 0 Å². The summed E-state index contributed by atoms with van der Waals surface area (Å²) < 4.78 is 0. The Bertz CT molecular complexity index is 852. The van der Waals surface area contributed by atoms with Crippen LogP contribution in [0.3, 0.4) is 0 Å². The van der Waals surface area contributed by atoms with Crippen molar-refractivity contribution in [3.63, 3.8) is 0 Å². The molecule has 1 saturated heterocycles. The van der Waals surface area contributed by atoms with Crippen molar-refractivity contribution >= 4 is 34.6 Å². The molecule has 0 aromatic heterocycles. The molecule has 0 saturated carbocycles. The third kappa shape index (κ3) is 3.66. The molecule has 2 aromatic rings. The maximum absolute atomic E-state index is 12.5.